The van der Waals surface area contributed by atoms with Crippen LogP contribution in [0, 0.1) is 29.1 Å². The fraction of sp³-hybridized carbons (Fsp3) is 0. The summed E-state index contributed by atoms with van der Waals surface area (Å²) in [5, 5.41) is 8.61. The minimum Gasteiger partial charge on any atom is -0.478 e. The van der Waals surface area contributed by atoms with Gasteiger partial charge in [0, 0.05) is 0 Å². The number of benzene rings is 2. The molecule has 0 saturated heterocycles. The third-order valence-electron chi connectivity index (χ3n) is 2.70. The predicted molar refractivity (Wildman–Crippen MR) is 63.6 cm³/mol. The molecule has 2 aromatic carbocycles. The van der Waals surface area contributed by atoms with Crippen molar-refractivity contribution in [1.82, 2.24) is 0 Å². The van der Waals surface area contributed by atoms with E-state index in [1.165, 1.54) is 0 Å². The molecule has 21 heavy (non-hydrogen) atoms. The number of hydrogen-bond donors (Lipinski definition) is 1. The van der Waals surface area contributed by atoms with Gasteiger partial charge in [0.05, 0.1) is 16.1 Å². The molecule has 1 N–H and O–H groups in total. The van der Waals surface area contributed by atoms with Crippen molar-refractivity contribution >= 4 is 17.6 Å². The number of rotatable bonds is 2. The first-order valence-electron chi connectivity index (χ1n) is 5.30. The van der Waals surface area contributed by atoms with E-state index >= 15 is 0 Å². The Balaban J connectivity index is 2.80. The SMILES string of the molecule is O=C(O)c1cc(-c2c(F)c(F)c(F)c(F)c2F)ccc1Cl. The topological polar surface area (TPSA) is 37.3 Å². The van der Waals surface area contributed by atoms with E-state index in [-0.39, 0.29) is 5.02 Å². The zero-order chi connectivity index (χ0) is 15.9. The van der Waals surface area contributed by atoms with E-state index in [2.05, 4.69) is 0 Å². The van der Waals surface area contributed by atoms with E-state index in [1.54, 1.807) is 0 Å². The van der Waals surface area contributed by atoms with Crippen molar-refractivity contribution in [2.24, 2.45) is 0 Å². The van der Waals surface area contributed by atoms with Crippen molar-refractivity contribution in [1.29, 1.82) is 0 Å². The van der Waals surface area contributed by atoms with Crippen molar-refractivity contribution in [3.05, 3.63) is 57.9 Å². The van der Waals surface area contributed by atoms with Crippen molar-refractivity contribution in [3.63, 3.8) is 0 Å². The molecule has 0 aliphatic rings. The van der Waals surface area contributed by atoms with Crippen LogP contribution in [0.3, 0.4) is 0 Å². The summed E-state index contributed by atoms with van der Waals surface area (Å²) in [4.78, 5) is 10.9. The molecule has 0 heterocycles. The minimum absolute atomic E-state index is 0.241. The molecule has 0 radical (unpaired) electrons. The smallest absolute Gasteiger partial charge is 0.337 e. The van der Waals surface area contributed by atoms with Crippen LogP contribution in [0.5, 0.6) is 0 Å². The molecule has 0 spiro atoms. The third kappa shape index (κ3) is 2.44. The Morgan fingerprint density at radius 2 is 1.38 bits per heavy atom. The van der Waals surface area contributed by atoms with Crippen LogP contribution in [-0.4, -0.2) is 11.1 Å². The van der Waals surface area contributed by atoms with E-state index in [0.717, 1.165) is 18.2 Å². The van der Waals surface area contributed by atoms with Crippen molar-refractivity contribution in [2.75, 3.05) is 0 Å². The summed E-state index contributed by atoms with van der Waals surface area (Å²) in [6.07, 6.45) is 0. The summed E-state index contributed by atoms with van der Waals surface area (Å²) >= 11 is 5.57. The van der Waals surface area contributed by atoms with Crippen molar-refractivity contribution < 1.29 is 31.9 Å². The second kappa shape index (κ2) is 5.33. The van der Waals surface area contributed by atoms with Crippen LogP contribution in [0.15, 0.2) is 18.2 Å². The van der Waals surface area contributed by atoms with E-state index in [1.807, 2.05) is 0 Å². The average molecular weight is 323 g/mol. The average Bonchev–Trinajstić information content (AvgIpc) is 2.44. The minimum atomic E-state index is -2.29. The molecule has 0 fully saturated rings. The first-order valence-corrected chi connectivity index (χ1v) is 5.68. The molecular formula is C13H4ClF5O2. The van der Waals surface area contributed by atoms with Gasteiger partial charge >= 0.3 is 5.97 Å². The van der Waals surface area contributed by atoms with Crippen LogP contribution in [0.1, 0.15) is 10.4 Å². The summed E-state index contributed by atoms with van der Waals surface area (Å²) in [5.41, 5.74) is -2.24. The second-order valence-corrected chi connectivity index (χ2v) is 4.35. The predicted octanol–water partition coefficient (Wildman–Crippen LogP) is 4.40. The lowest BCUT2D eigenvalue weighted by molar-refractivity contribution is 0.0697. The Morgan fingerprint density at radius 1 is 0.905 bits per heavy atom. The lowest BCUT2D eigenvalue weighted by Gasteiger charge is -2.09. The van der Waals surface area contributed by atoms with Gasteiger partial charge in [-0.3, -0.25) is 0 Å². The van der Waals surface area contributed by atoms with Gasteiger partial charge < -0.3 is 5.11 Å². The summed E-state index contributed by atoms with van der Waals surface area (Å²) in [6, 6.07) is 2.66. The van der Waals surface area contributed by atoms with Crippen LogP contribution in [0.4, 0.5) is 22.0 Å². The number of hydrogen-bond acceptors (Lipinski definition) is 1. The van der Waals surface area contributed by atoms with Gasteiger partial charge in [0.1, 0.15) is 0 Å². The van der Waals surface area contributed by atoms with Crippen molar-refractivity contribution in [3.8, 4) is 11.1 Å². The summed E-state index contributed by atoms with van der Waals surface area (Å²) < 4.78 is 66.4. The molecule has 0 bridgehead atoms. The summed E-state index contributed by atoms with van der Waals surface area (Å²) in [7, 11) is 0. The molecule has 0 aliphatic heterocycles. The van der Waals surface area contributed by atoms with E-state index in [0.29, 0.717) is 0 Å². The highest BCUT2D eigenvalue weighted by Crippen LogP contribution is 2.33. The maximum Gasteiger partial charge on any atom is 0.337 e. The van der Waals surface area contributed by atoms with E-state index in [9.17, 15) is 26.7 Å². The van der Waals surface area contributed by atoms with Crippen LogP contribution >= 0.6 is 11.6 Å². The number of halogens is 6. The fourth-order valence-corrected chi connectivity index (χ4v) is 1.90. The Kier molecular flexibility index (Phi) is 3.87. The molecule has 0 unspecified atom stereocenters. The first-order chi connectivity index (χ1) is 9.75. The Hall–Kier alpha value is -2.15. The van der Waals surface area contributed by atoms with E-state index < -0.39 is 51.7 Å². The standard InChI is InChI=1S/C13H4ClF5O2/c14-6-2-1-4(3-5(6)13(20)21)7-8(15)10(17)12(19)11(18)9(7)16/h1-3H,(H,20,21). The third-order valence-corrected chi connectivity index (χ3v) is 3.02. The molecule has 0 atom stereocenters. The zero-order valence-electron chi connectivity index (χ0n) is 9.86. The largest absolute Gasteiger partial charge is 0.478 e. The Morgan fingerprint density at radius 3 is 1.86 bits per heavy atom. The number of carbonyl (C=O) groups is 1. The molecule has 8 heteroatoms. The first kappa shape index (κ1) is 15.2. The van der Waals surface area contributed by atoms with Crippen LogP contribution in [-0.2, 0) is 0 Å². The molecule has 2 nitrogen and oxygen atoms in total. The zero-order valence-corrected chi connectivity index (χ0v) is 10.6. The molecule has 0 aliphatic carbocycles. The van der Waals surface area contributed by atoms with Gasteiger partial charge in [0.15, 0.2) is 23.3 Å². The maximum absolute atomic E-state index is 13.6. The summed E-state index contributed by atoms with van der Waals surface area (Å²) in [5.74, 6) is -12.1. The molecule has 110 valence electrons. The molecule has 2 aromatic rings. The number of carboxylic acid groups (broad SMARTS) is 1. The number of carboxylic acids is 1. The normalized spacial score (nSPS) is 10.8. The van der Waals surface area contributed by atoms with Crippen LogP contribution in [0.2, 0.25) is 5.02 Å². The highest BCUT2D eigenvalue weighted by atomic mass is 35.5. The Labute approximate surface area is 119 Å². The molecular weight excluding hydrogens is 319 g/mol. The van der Waals surface area contributed by atoms with Crippen molar-refractivity contribution in [2.45, 2.75) is 0 Å². The van der Waals surface area contributed by atoms with Gasteiger partial charge in [-0.2, -0.15) is 0 Å². The maximum atomic E-state index is 13.6. The van der Waals surface area contributed by atoms with Crippen LogP contribution < -0.4 is 0 Å². The van der Waals surface area contributed by atoms with Gasteiger partial charge in [0.25, 0.3) is 0 Å². The van der Waals surface area contributed by atoms with Gasteiger partial charge in [-0.15, -0.1) is 0 Å². The number of aromatic carboxylic acids is 1. The lowest BCUT2D eigenvalue weighted by atomic mass is 10.0. The Bertz CT molecular complexity index is 732. The highest BCUT2D eigenvalue weighted by Gasteiger charge is 2.27. The molecule has 2 rings (SSSR count). The second-order valence-electron chi connectivity index (χ2n) is 3.94. The van der Waals surface area contributed by atoms with Crippen LogP contribution in [0.25, 0.3) is 11.1 Å². The fourth-order valence-electron chi connectivity index (χ4n) is 1.70. The van der Waals surface area contributed by atoms with E-state index in [4.69, 9.17) is 16.7 Å². The van der Waals surface area contributed by atoms with Gasteiger partial charge in [0.2, 0.25) is 5.82 Å². The molecule has 0 saturated carbocycles. The quantitative estimate of drug-likeness (QED) is 0.505. The summed E-state index contributed by atoms with van der Waals surface area (Å²) in [6.45, 7) is 0. The van der Waals surface area contributed by atoms with Gasteiger partial charge in [-0.05, 0) is 17.7 Å². The highest BCUT2D eigenvalue weighted by molar-refractivity contribution is 6.33. The van der Waals surface area contributed by atoms with Gasteiger partial charge in [-0.25, -0.2) is 26.7 Å². The lowest BCUT2D eigenvalue weighted by Crippen LogP contribution is -2.05. The van der Waals surface area contributed by atoms with Gasteiger partial charge in [-0.1, -0.05) is 17.7 Å². The molecule has 0 amide bonds. The monoisotopic (exact) mass is 322 g/mol. The molecule has 0 aromatic heterocycles.